The first-order valence-corrected chi connectivity index (χ1v) is 8.13. The van der Waals surface area contributed by atoms with E-state index in [4.69, 9.17) is 4.74 Å². The van der Waals surface area contributed by atoms with Gasteiger partial charge in [-0.1, -0.05) is 57.4 Å². The molecule has 1 N–H and O–H groups in total. The van der Waals surface area contributed by atoms with E-state index in [1.54, 1.807) is 7.11 Å². The summed E-state index contributed by atoms with van der Waals surface area (Å²) in [5.41, 5.74) is 2.79. The van der Waals surface area contributed by atoms with Crippen molar-refractivity contribution in [2.75, 3.05) is 20.3 Å². The Bertz CT molecular complexity index is 334. The summed E-state index contributed by atoms with van der Waals surface area (Å²) in [6.45, 7) is 6.39. The molecule has 0 heterocycles. The van der Waals surface area contributed by atoms with Gasteiger partial charge in [-0.2, -0.15) is 0 Å². The maximum Gasteiger partial charge on any atom is 0.0502 e. The van der Waals surface area contributed by atoms with E-state index in [1.807, 2.05) is 0 Å². The molecule has 1 unspecified atom stereocenters. The molecule has 114 valence electrons. The first-order chi connectivity index (χ1) is 9.81. The normalized spacial score (nSPS) is 12.6. The van der Waals surface area contributed by atoms with Gasteiger partial charge in [-0.15, -0.1) is 0 Å². The van der Waals surface area contributed by atoms with Crippen LogP contribution in [0.4, 0.5) is 0 Å². The molecular formula is C18H31NO. The molecule has 0 saturated heterocycles. The Balaban J connectivity index is 2.58. The van der Waals surface area contributed by atoms with Crippen LogP contribution < -0.4 is 5.32 Å². The molecule has 0 spiro atoms. The van der Waals surface area contributed by atoms with Crippen molar-refractivity contribution in [3.8, 4) is 0 Å². The number of unbranched alkanes of at least 4 members (excludes halogenated alkanes) is 2. The summed E-state index contributed by atoms with van der Waals surface area (Å²) >= 11 is 0. The van der Waals surface area contributed by atoms with Crippen LogP contribution in [-0.2, 0) is 11.2 Å². The minimum absolute atomic E-state index is 0.512. The van der Waals surface area contributed by atoms with Crippen LogP contribution in [0.3, 0.4) is 0 Å². The highest BCUT2D eigenvalue weighted by Gasteiger charge is 2.10. The predicted octanol–water partition coefficient (Wildman–Crippen LogP) is 4.50. The molecule has 0 aliphatic rings. The number of nitrogens with one attached hydrogen (secondary N) is 1. The minimum Gasteiger partial charge on any atom is -0.384 e. The number of rotatable bonds is 11. The maximum atomic E-state index is 5.13. The first-order valence-electron chi connectivity index (χ1n) is 8.13. The van der Waals surface area contributed by atoms with Crippen molar-refractivity contribution in [1.82, 2.24) is 5.32 Å². The monoisotopic (exact) mass is 277 g/mol. The molecule has 20 heavy (non-hydrogen) atoms. The SMILES string of the molecule is CCCCCC(NCCC)c1ccc(CCOC)cc1. The second kappa shape index (κ2) is 10.9. The third-order valence-electron chi connectivity index (χ3n) is 3.71. The van der Waals surface area contributed by atoms with Crippen LogP contribution in [0.5, 0.6) is 0 Å². The van der Waals surface area contributed by atoms with Crippen molar-refractivity contribution in [2.24, 2.45) is 0 Å². The van der Waals surface area contributed by atoms with E-state index >= 15 is 0 Å². The zero-order valence-corrected chi connectivity index (χ0v) is 13.5. The highest BCUT2D eigenvalue weighted by molar-refractivity contribution is 5.25. The number of hydrogen-bond acceptors (Lipinski definition) is 2. The van der Waals surface area contributed by atoms with Crippen LogP contribution in [0.2, 0.25) is 0 Å². The fourth-order valence-electron chi connectivity index (χ4n) is 2.44. The van der Waals surface area contributed by atoms with Crippen molar-refractivity contribution in [3.05, 3.63) is 35.4 Å². The van der Waals surface area contributed by atoms with Gasteiger partial charge in [0.05, 0.1) is 6.61 Å². The summed E-state index contributed by atoms with van der Waals surface area (Å²) in [7, 11) is 1.76. The van der Waals surface area contributed by atoms with Gasteiger partial charge in [0, 0.05) is 13.2 Å². The quantitative estimate of drug-likeness (QED) is 0.601. The predicted molar refractivity (Wildman–Crippen MR) is 87.2 cm³/mol. The molecule has 0 amide bonds. The van der Waals surface area contributed by atoms with Crippen molar-refractivity contribution < 1.29 is 4.74 Å². The topological polar surface area (TPSA) is 21.3 Å². The highest BCUT2D eigenvalue weighted by atomic mass is 16.5. The molecular weight excluding hydrogens is 246 g/mol. The summed E-state index contributed by atoms with van der Waals surface area (Å²) in [6.07, 6.45) is 7.36. The number of ether oxygens (including phenoxy) is 1. The Labute approximate surface area is 124 Å². The summed E-state index contributed by atoms with van der Waals surface area (Å²) in [5.74, 6) is 0. The molecule has 1 atom stereocenters. The van der Waals surface area contributed by atoms with Gasteiger partial charge in [0.15, 0.2) is 0 Å². The molecule has 1 aromatic carbocycles. The smallest absolute Gasteiger partial charge is 0.0502 e. The summed E-state index contributed by atoms with van der Waals surface area (Å²) in [4.78, 5) is 0. The highest BCUT2D eigenvalue weighted by Crippen LogP contribution is 2.20. The number of hydrogen-bond donors (Lipinski definition) is 1. The first kappa shape index (κ1) is 17.2. The second-order valence-corrected chi connectivity index (χ2v) is 5.49. The lowest BCUT2D eigenvalue weighted by Gasteiger charge is -2.19. The Kier molecular flexibility index (Phi) is 9.35. The lowest BCUT2D eigenvalue weighted by molar-refractivity contribution is 0.202. The van der Waals surface area contributed by atoms with Gasteiger partial charge in [-0.3, -0.25) is 0 Å². The van der Waals surface area contributed by atoms with E-state index in [9.17, 15) is 0 Å². The van der Waals surface area contributed by atoms with Crippen LogP contribution in [0.25, 0.3) is 0 Å². The van der Waals surface area contributed by atoms with Gasteiger partial charge in [0.1, 0.15) is 0 Å². The molecule has 2 nitrogen and oxygen atoms in total. The van der Waals surface area contributed by atoms with Gasteiger partial charge in [0.2, 0.25) is 0 Å². The van der Waals surface area contributed by atoms with Gasteiger partial charge in [-0.25, -0.2) is 0 Å². The van der Waals surface area contributed by atoms with Crippen LogP contribution in [0.15, 0.2) is 24.3 Å². The molecule has 0 radical (unpaired) electrons. The molecule has 0 bridgehead atoms. The molecule has 1 rings (SSSR count). The Morgan fingerprint density at radius 3 is 2.40 bits per heavy atom. The van der Waals surface area contributed by atoms with E-state index < -0.39 is 0 Å². The maximum absolute atomic E-state index is 5.13. The summed E-state index contributed by atoms with van der Waals surface area (Å²) in [5, 5.41) is 3.68. The van der Waals surface area contributed by atoms with E-state index in [1.165, 1.54) is 43.2 Å². The third-order valence-corrected chi connectivity index (χ3v) is 3.71. The third kappa shape index (κ3) is 6.53. The molecule has 0 aliphatic carbocycles. The van der Waals surface area contributed by atoms with E-state index in [2.05, 4.69) is 43.4 Å². The Morgan fingerprint density at radius 2 is 1.80 bits per heavy atom. The Hall–Kier alpha value is -0.860. The summed E-state index contributed by atoms with van der Waals surface area (Å²) < 4.78 is 5.13. The molecule has 1 aromatic rings. The van der Waals surface area contributed by atoms with Crippen molar-refractivity contribution in [3.63, 3.8) is 0 Å². The van der Waals surface area contributed by atoms with Crippen molar-refractivity contribution >= 4 is 0 Å². The van der Waals surface area contributed by atoms with E-state index in [0.717, 1.165) is 19.6 Å². The van der Waals surface area contributed by atoms with Crippen molar-refractivity contribution in [2.45, 2.75) is 58.4 Å². The fourth-order valence-corrected chi connectivity index (χ4v) is 2.44. The number of methoxy groups -OCH3 is 1. The molecule has 0 saturated carbocycles. The lowest BCUT2D eigenvalue weighted by atomic mass is 9.98. The number of benzene rings is 1. The minimum atomic E-state index is 0.512. The van der Waals surface area contributed by atoms with Gasteiger partial charge in [0.25, 0.3) is 0 Å². The lowest BCUT2D eigenvalue weighted by Crippen LogP contribution is -2.22. The zero-order valence-electron chi connectivity index (χ0n) is 13.5. The average Bonchev–Trinajstić information content (AvgIpc) is 2.49. The molecule has 0 aromatic heterocycles. The summed E-state index contributed by atoms with van der Waals surface area (Å²) in [6, 6.07) is 9.57. The van der Waals surface area contributed by atoms with Crippen LogP contribution in [0.1, 0.15) is 63.1 Å². The van der Waals surface area contributed by atoms with Gasteiger partial charge >= 0.3 is 0 Å². The fraction of sp³-hybridized carbons (Fsp3) is 0.667. The standard InChI is InChI=1S/C18H31NO/c1-4-6-7-8-18(19-14-5-2)17-11-9-16(10-12-17)13-15-20-3/h9-12,18-19H,4-8,13-15H2,1-3H3. The van der Waals surface area contributed by atoms with Crippen LogP contribution >= 0.6 is 0 Å². The average molecular weight is 277 g/mol. The molecule has 2 heteroatoms. The van der Waals surface area contributed by atoms with Gasteiger partial charge in [-0.05, 0) is 36.9 Å². The van der Waals surface area contributed by atoms with Crippen LogP contribution in [-0.4, -0.2) is 20.3 Å². The zero-order chi connectivity index (χ0) is 14.6. The Morgan fingerprint density at radius 1 is 1.05 bits per heavy atom. The van der Waals surface area contributed by atoms with E-state index in [-0.39, 0.29) is 0 Å². The van der Waals surface area contributed by atoms with Crippen molar-refractivity contribution in [1.29, 1.82) is 0 Å². The van der Waals surface area contributed by atoms with Crippen LogP contribution in [0, 0.1) is 0 Å². The van der Waals surface area contributed by atoms with Gasteiger partial charge < -0.3 is 10.1 Å². The molecule has 0 aliphatic heterocycles. The largest absolute Gasteiger partial charge is 0.384 e. The van der Waals surface area contributed by atoms with E-state index in [0.29, 0.717) is 6.04 Å². The molecule has 0 fully saturated rings. The second-order valence-electron chi connectivity index (χ2n) is 5.49.